The standard InChI is InChI=1S/C17H19F2N3O2/c18-13-3-2-12(10-14(13)19)15(23)11-22-17(4-8-24-9-5-17)16-20-6-1-7-21-16/h1-3,6-7,10,15,22-23H,4-5,8-9,11H2. The minimum Gasteiger partial charge on any atom is -0.387 e. The summed E-state index contributed by atoms with van der Waals surface area (Å²) >= 11 is 0. The number of benzene rings is 1. The van der Waals surface area contributed by atoms with E-state index in [0.29, 0.717) is 37.4 Å². The van der Waals surface area contributed by atoms with Gasteiger partial charge in [-0.2, -0.15) is 0 Å². The number of nitrogens with zero attached hydrogens (tertiary/aromatic N) is 2. The van der Waals surface area contributed by atoms with Crippen LogP contribution in [0.25, 0.3) is 0 Å². The first-order valence-electron chi connectivity index (χ1n) is 7.84. The lowest BCUT2D eigenvalue weighted by molar-refractivity contribution is 0.0263. The maximum absolute atomic E-state index is 13.3. The minimum atomic E-state index is -0.973. The summed E-state index contributed by atoms with van der Waals surface area (Å²) in [5, 5.41) is 13.6. The Morgan fingerprint density at radius 1 is 1.17 bits per heavy atom. The van der Waals surface area contributed by atoms with E-state index in [1.165, 1.54) is 6.07 Å². The highest BCUT2D eigenvalue weighted by Crippen LogP contribution is 2.30. The van der Waals surface area contributed by atoms with E-state index in [9.17, 15) is 13.9 Å². The number of halogens is 2. The van der Waals surface area contributed by atoms with E-state index in [1.54, 1.807) is 18.5 Å². The van der Waals surface area contributed by atoms with Gasteiger partial charge in [0.25, 0.3) is 0 Å². The van der Waals surface area contributed by atoms with Crippen molar-refractivity contribution < 1.29 is 18.6 Å². The summed E-state index contributed by atoms with van der Waals surface area (Å²) in [6.07, 6.45) is 3.71. The molecule has 0 amide bonds. The van der Waals surface area contributed by atoms with Crippen LogP contribution in [0.1, 0.15) is 30.3 Å². The highest BCUT2D eigenvalue weighted by molar-refractivity contribution is 5.20. The average Bonchev–Trinajstić information content (AvgIpc) is 2.63. The van der Waals surface area contributed by atoms with Gasteiger partial charge >= 0.3 is 0 Å². The Kier molecular flexibility index (Phi) is 5.13. The quantitative estimate of drug-likeness (QED) is 0.876. The van der Waals surface area contributed by atoms with E-state index in [2.05, 4.69) is 15.3 Å². The molecule has 1 aromatic heterocycles. The van der Waals surface area contributed by atoms with Crippen LogP contribution in [0.5, 0.6) is 0 Å². The second-order valence-electron chi connectivity index (χ2n) is 5.84. The van der Waals surface area contributed by atoms with Crippen LogP contribution in [0.2, 0.25) is 0 Å². The van der Waals surface area contributed by atoms with Crippen LogP contribution in [0.15, 0.2) is 36.7 Å². The summed E-state index contributed by atoms with van der Waals surface area (Å²) in [5.74, 6) is -1.26. The Morgan fingerprint density at radius 2 is 1.88 bits per heavy atom. The zero-order valence-corrected chi connectivity index (χ0v) is 13.1. The maximum Gasteiger partial charge on any atom is 0.159 e. The second kappa shape index (κ2) is 7.29. The Balaban J connectivity index is 1.75. The third-order valence-electron chi connectivity index (χ3n) is 4.30. The Morgan fingerprint density at radius 3 is 2.54 bits per heavy atom. The molecule has 1 aromatic carbocycles. The first-order valence-corrected chi connectivity index (χ1v) is 7.84. The smallest absolute Gasteiger partial charge is 0.159 e. The van der Waals surface area contributed by atoms with Crippen molar-refractivity contribution in [3.63, 3.8) is 0 Å². The summed E-state index contributed by atoms with van der Waals surface area (Å²) in [6.45, 7) is 1.29. The zero-order valence-electron chi connectivity index (χ0n) is 13.1. The molecule has 1 unspecified atom stereocenters. The first-order chi connectivity index (χ1) is 11.6. The van der Waals surface area contributed by atoms with E-state index in [1.807, 2.05) is 0 Å². The van der Waals surface area contributed by atoms with Crippen molar-refractivity contribution in [3.8, 4) is 0 Å². The molecule has 2 N–H and O–H groups in total. The number of aliphatic hydroxyl groups excluding tert-OH is 1. The predicted molar refractivity (Wildman–Crippen MR) is 83.1 cm³/mol. The molecule has 24 heavy (non-hydrogen) atoms. The highest BCUT2D eigenvalue weighted by atomic mass is 19.2. The fraction of sp³-hybridized carbons (Fsp3) is 0.412. The molecule has 0 spiro atoms. The van der Waals surface area contributed by atoms with Crippen LogP contribution in [-0.2, 0) is 10.3 Å². The molecule has 0 aliphatic carbocycles. The lowest BCUT2D eigenvalue weighted by Gasteiger charge is -2.37. The van der Waals surface area contributed by atoms with Crippen molar-refractivity contribution in [3.05, 3.63) is 59.7 Å². The topological polar surface area (TPSA) is 67.3 Å². The van der Waals surface area contributed by atoms with Crippen LogP contribution < -0.4 is 5.32 Å². The molecular formula is C17H19F2N3O2. The number of rotatable bonds is 5. The Bertz CT molecular complexity index is 679. The Labute approximate surface area is 138 Å². The predicted octanol–water partition coefficient (Wildman–Crippen LogP) is 2.08. The van der Waals surface area contributed by atoms with E-state index in [0.717, 1.165) is 12.1 Å². The van der Waals surface area contributed by atoms with Gasteiger partial charge in [-0.3, -0.25) is 0 Å². The number of nitrogens with one attached hydrogen (secondary N) is 1. The van der Waals surface area contributed by atoms with Crippen LogP contribution in [0.3, 0.4) is 0 Å². The van der Waals surface area contributed by atoms with E-state index >= 15 is 0 Å². The summed E-state index contributed by atoms with van der Waals surface area (Å²) in [5.41, 5.74) is -0.184. The van der Waals surface area contributed by atoms with Crippen molar-refractivity contribution in [2.75, 3.05) is 19.8 Å². The molecular weight excluding hydrogens is 316 g/mol. The molecule has 5 nitrogen and oxygen atoms in total. The van der Waals surface area contributed by atoms with E-state index in [-0.39, 0.29) is 6.54 Å². The van der Waals surface area contributed by atoms with Crippen molar-refractivity contribution in [2.45, 2.75) is 24.5 Å². The van der Waals surface area contributed by atoms with Gasteiger partial charge in [-0.1, -0.05) is 6.07 Å². The third kappa shape index (κ3) is 3.58. The molecule has 2 aromatic rings. The largest absolute Gasteiger partial charge is 0.387 e. The molecule has 7 heteroatoms. The highest BCUT2D eigenvalue weighted by Gasteiger charge is 2.37. The molecule has 2 heterocycles. The normalized spacial score (nSPS) is 18.3. The van der Waals surface area contributed by atoms with Crippen molar-refractivity contribution in [1.29, 1.82) is 0 Å². The fourth-order valence-corrected chi connectivity index (χ4v) is 2.88. The number of ether oxygens (including phenoxy) is 1. The summed E-state index contributed by atoms with van der Waals surface area (Å²) < 4.78 is 31.8. The molecule has 1 aliphatic rings. The van der Waals surface area contributed by atoms with Crippen molar-refractivity contribution in [1.82, 2.24) is 15.3 Å². The van der Waals surface area contributed by atoms with Crippen LogP contribution in [0.4, 0.5) is 8.78 Å². The van der Waals surface area contributed by atoms with Gasteiger partial charge in [0.2, 0.25) is 0 Å². The molecule has 1 saturated heterocycles. The molecule has 128 valence electrons. The molecule has 0 bridgehead atoms. The molecule has 0 radical (unpaired) electrons. The number of hydrogen-bond acceptors (Lipinski definition) is 5. The minimum absolute atomic E-state index is 0.170. The number of hydrogen-bond donors (Lipinski definition) is 2. The first kappa shape index (κ1) is 16.9. The van der Waals surface area contributed by atoms with Gasteiger partial charge in [0.05, 0.1) is 11.6 Å². The second-order valence-corrected chi connectivity index (χ2v) is 5.84. The van der Waals surface area contributed by atoms with Crippen LogP contribution in [0, 0.1) is 11.6 Å². The third-order valence-corrected chi connectivity index (χ3v) is 4.30. The van der Waals surface area contributed by atoms with Gasteiger partial charge in [0.1, 0.15) is 5.82 Å². The van der Waals surface area contributed by atoms with Crippen LogP contribution in [-0.4, -0.2) is 34.8 Å². The number of aromatic nitrogens is 2. The summed E-state index contributed by atoms with van der Waals surface area (Å²) in [4.78, 5) is 8.66. The van der Waals surface area contributed by atoms with E-state index < -0.39 is 23.3 Å². The fourth-order valence-electron chi connectivity index (χ4n) is 2.88. The molecule has 1 fully saturated rings. The van der Waals surface area contributed by atoms with Gasteiger partial charge < -0.3 is 15.2 Å². The molecule has 3 rings (SSSR count). The lowest BCUT2D eigenvalue weighted by atomic mass is 9.88. The lowest BCUT2D eigenvalue weighted by Crippen LogP contribution is -2.49. The summed E-state index contributed by atoms with van der Waals surface area (Å²) in [7, 11) is 0. The van der Waals surface area contributed by atoms with Gasteiger partial charge in [-0.05, 0) is 36.6 Å². The van der Waals surface area contributed by atoms with Gasteiger partial charge in [0.15, 0.2) is 11.6 Å². The molecule has 0 saturated carbocycles. The van der Waals surface area contributed by atoms with E-state index in [4.69, 9.17) is 4.74 Å². The number of aliphatic hydroxyl groups is 1. The SMILES string of the molecule is OC(CNC1(c2ncccn2)CCOCC1)c1ccc(F)c(F)c1. The molecule has 1 atom stereocenters. The Hall–Kier alpha value is -1.96. The maximum atomic E-state index is 13.3. The zero-order chi connectivity index (χ0) is 17.0. The molecule has 1 aliphatic heterocycles. The van der Waals surface area contributed by atoms with Gasteiger partial charge in [0, 0.05) is 32.2 Å². The monoisotopic (exact) mass is 335 g/mol. The van der Waals surface area contributed by atoms with Crippen LogP contribution >= 0.6 is 0 Å². The van der Waals surface area contributed by atoms with Gasteiger partial charge in [-0.15, -0.1) is 0 Å². The van der Waals surface area contributed by atoms with Gasteiger partial charge in [-0.25, -0.2) is 18.7 Å². The summed E-state index contributed by atoms with van der Waals surface area (Å²) in [6, 6.07) is 5.14. The van der Waals surface area contributed by atoms with Crippen molar-refractivity contribution in [2.24, 2.45) is 0 Å². The van der Waals surface area contributed by atoms with Crippen molar-refractivity contribution >= 4 is 0 Å². The average molecular weight is 335 g/mol.